The number of aromatic nitrogens is 2. The van der Waals surface area contributed by atoms with Crippen LogP contribution in [0.1, 0.15) is 52.7 Å². The Morgan fingerprint density at radius 1 is 0.712 bits per heavy atom. The summed E-state index contributed by atoms with van der Waals surface area (Å²) in [6.45, 7) is 15.4. The van der Waals surface area contributed by atoms with E-state index in [1.807, 2.05) is 24.4 Å². The summed E-state index contributed by atoms with van der Waals surface area (Å²) in [6.07, 6.45) is 1.90. The molecule has 0 saturated heterocycles. The quantitative estimate of drug-likeness (QED) is 0.165. The molecule has 7 heteroatoms. The molecule has 1 aliphatic rings. The fourth-order valence-corrected chi connectivity index (χ4v) is 7.20. The minimum Gasteiger partial charge on any atom is -0.509 e. The number of hydrogen-bond acceptors (Lipinski definition) is 5. The topological polar surface area (TPSA) is 46.7 Å². The van der Waals surface area contributed by atoms with E-state index < -0.39 is 0 Å². The van der Waals surface area contributed by atoms with Crippen LogP contribution in [0.5, 0.6) is 11.5 Å². The molecule has 0 amide bonds. The third-order valence-electron chi connectivity index (χ3n) is 9.98. The van der Waals surface area contributed by atoms with Crippen molar-refractivity contribution < 1.29 is 30.2 Å². The fraction of sp³-hybridized carbons (Fsp3) is 0.200. The Bertz CT molecular complexity index is 2660. The SMILES string of the molecule is CN1[CH-]N(c2[c-]c(Oc3[c-]c4c(cc3)c3ccccc3n4-c3cc(C(C)(C)C)ccn3)cc(C(C)(C)C)c2)c2c1ccc1c2oc2ccccc21.[Pt]. The first-order valence-corrected chi connectivity index (χ1v) is 17.4. The number of pyridine rings is 1. The van der Waals surface area contributed by atoms with Crippen molar-refractivity contribution in [3.05, 3.63) is 133 Å². The first kappa shape index (κ1) is 34.0. The van der Waals surface area contributed by atoms with Crippen molar-refractivity contribution in [2.24, 2.45) is 0 Å². The van der Waals surface area contributed by atoms with Gasteiger partial charge in [-0.15, -0.1) is 47.0 Å². The Morgan fingerprint density at radius 3 is 2.23 bits per heavy atom. The molecule has 0 fully saturated rings. The summed E-state index contributed by atoms with van der Waals surface area (Å²) in [5, 5.41) is 4.42. The molecule has 0 saturated carbocycles. The molecule has 1 aliphatic heterocycles. The van der Waals surface area contributed by atoms with E-state index in [9.17, 15) is 0 Å². The average molecular weight is 863 g/mol. The molecule has 0 radical (unpaired) electrons. The largest absolute Gasteiger partial charge is 0.509 e. The van der Waals surface area contributed by atoms with Gasteiger partial charge in [-0.2, -0.15) is 12.7 Å². The van der Waals surface area contributed by atoms with Gasteiger partial charge in [0.05, 0.1) is 5.69 Å². The zero-order valence-corrected chi connectivity index (χ0v) is 32.6. The van der Waals surface area contributed by atoms with Gasteiger partial charge in [0.15, 0.2) is 5.58 Å². The normalized spacial score (nSPS) is 13.4. The zero-order valence-electron chi connectivity index (χ0n) is 30.3. The Labute approximate surface area is 318 Å². The molecule has 0 N–H and O–H groups in total. The predicted octanol–water partition coefficient (Wildman–Crippen LogP) is 11.8. The van der Waals surface area contributed by atoms with E-state index >= 15 is 0 Å². The number of fused-ring (bicyclic) bond motifs is 8. The van der Waals surface area contributed by atoms with Crippen LogP contribution in [-0.4, -0.2) is 16.6 Å². The van der Waals surface area contributed by atoms with Gasteiger partial charge < -0.3 is 23.5 Å². The van der Waals surface area contributed by atoms with E-state index in [4.69, 9.17) is 14.1 Å². The summed E-state index contributed by atoms with van der Waals surface area (Å²) >= 11 is 0. The summed E-state index contributed by atoms with van der Waals surface area (Å²) in [5.74, 6) is 2.08. The van der Waals surface area contributed by atoms with Crippen molar-refractivity contribution in [3.8, 4) is 17.3 Å². The standard InChI is InChI=1S/C45H39N4O2.Pt/c1-44(2,3)28-20-21-46-41(24-28)49-37-14-10-8-12-33(37)34-17-16-31(26-39(34)49)50-32-23-29(45(4,5)6)22-30(25-32)48-27-47(7)38-19-18-36-35-13-9-11-15-40(35)51-43(36)42(38)48;/h8-24,27H,1-7H3;/q-3;. The molecule has 0 atom stereocenters. The minimum absolute atomic E-state index is 0. The number of rotatable bonds is 4. The summed E-state index contributed by atoms with van der Waals surface area (Å²) in [4.78, 5) is 9.13. The van der Waals surface area contributed by atoms with Crippen molar-refractivity contribution in [1.82, 2.24) is 9.55 Å². The Hall–Kier alpha value is -5.06. The Balaban J connectivity index is 0.00000387. The molecular weight excluding hydrogens is 824 g/mol. The van der Waals surface area contributed by atoms with E-state index in [0.29, 0.717) is 11.5 Å². The van der Waals surface area contributed by atoms with Crippen molar-refractivity contribution in [2.45, 2.75) is 52.4 Å². The van der Waals surface area contributed by atoms with Gasteiger partial charge in [0.1, 0.15) is 11.4 Å². The van der Waals surface area contributed by atoms with Crippen LogP contribution in [0.3, 0.4) is 0 Å². The van der Waals surface area contributed by atoms with Crippen molar-refractivity contribution in [2.75, 3.05) is 16.8 Å². The number of nitrogens with zero attached hydrogens (tertiary/aromatic N) is 4. The maximum absolute atomic E-state index is 6.72. The molecule has 8 aromatic rings. The molecule has 0 unspecified atom stereocenters. The maximum atomic E-state index is 6.72. The van der Waals surface area contributed by atoms with E-state index in [1.165, 1.54) is 5.56 Å². The van der Waals surface area contributed by atoms with Crippen LogP contribution < -0.4 is 14.5 Å². The Morgan fingerprint density at radius 2 is 1.44 bits per heavy atom. The van der Waals surface area contributed by atoms with Gasteiger partial charge in [-0.05, 0) is 65.2 Å². The van der Waals surface area contributed by atoms with Gasteiger partial charge in [-0.3, -0.25) is 0 Å². The van der Waals surface area contributed by atoms with E-state index in [2.05, 4.69) is 161 Å². The second kappa shape index (κ2) is 12.3. The number of furan rings is 1. The molecule has 0 bridgehead atoms. The molecule has 0 aliphatic carbocycles. The number of ether oxygens (including phenoxy) is 1. The van der Waals surface area contributed by atoms with Crippen LogP contribution in [0.4, 0.5) is 17.1 Å². The van der Waals surface area contributed by atoms with Crippen molar-refractivity contribution in [3.63, 3.8) is 0 Å². The molecule has 0 spiro atoms. The molecule has 5 aromatic carbocycles. The van der Waals surface area contributed by atoms with Crippen molar-refractivity contribution in [1.29, 1.82) is 0 Å². The van der Waals surface area contributed by atoms with Crippen LogP contribution in [0.15, 0.2) is 108 Å². The number of benzene rings is 5. The molecule has 9 rings (SSSR count). The maximum Gasteiger partial charge on any atom is 0.158 e. The van der Waals surface area contributed by atoms with E-state index in [0.717, 1.165) is 72.2 Å². The fourth-order valence-electron chi connectivity index (χ4n) is 7.20. The van der Waals surface area contributed by atoms with Crippen LogP contribution in [0.25, 0.3) is 49.6 Å². The summed E-state index contributed by atoms with van der Waals surface area (Å²) in [5.41, 5.74) is 8.82. The number of anilines is 3. The summed E-state index contributed by atoms with van der Waals surface area (Å²) < 4.78 is 15.4. The van der Waals surface area contributed by atoms with Crippen LogP contribution in [-0.2, 0) is 31.9 Å². The average Bonchev–Trinajstić information content (AvgIpc) is 3.76. The summed E-state index contributed by atoms with van der Waals surface area (Å²) in [7, 11) is 2.06. The second-order valence-electron chi connectivity index (χ2n) is 15.6. The second-order valence-corrected chi connectivity index (χ2v) is 15.6. The van der Waals surface area contributed by atoms with Gasteiger partial charge in [0, 0.05) is 60.7 Å². The van der Waals surface area contributed by atoms with Gasteiger partial charge in [0.25, 0.3) is 0 Å². The third-order valence-corrected chi connectivity index (χ3v) is 9.98. The Kier molecular flexibility index (Phi) is 8.04. The zero-order chi connectivity index (χ0) is 35.2. The number of hydrogen-bond donors (Lipinski definition) is 0. The molecule has 4 heterocycles. The van der Waals surface area contributed by atoms with Crippen LogP contribution in [0.2, 0.25) is 0 Å². The minimum atomic E-state index is -0.147. The molecule has 52 heavy (non-hydrogen) atoms. The van der Waals surface area contributed by atoms with E-state index in [1.54, 1.807) is 0 Å². The monoisotopic (exact) mass is 862 g/mol. The van der Waals surface area contributed by atoms with Crippen LogP contribution in [0, 0.1) is 18.8 Å². The van der Waals surface area contributed by atoms with Crippen LogP contribution >= 0.6 is 0 Å². The first-order chi connectivity index (χ1) is 24.4. The third kappa shape index (κ3) is 5.56. The van der Waals surface area contributed by atoms with Crippen molar-refractivity contribution >= 4 is 60.8 Å². The smallest absolute Gasteiger partial charge is 0.158 e. The molecular formula is C45H39N4O2Pt-3. The number of para-hydroxylation sites is 2. The molecule has 264 valence electrons. The van der Waals surface area contributed by atoms with E-state index in [-0.39, 0.29) is 31.9 Å². The molecule has 6 nitrogen and oxygen atoms in total. The summed E-state index contributed by atoms with van der Waals surface area (Å²) in [6, 6.07) is 40.9. The van der Waals surface area contributed by atoms with Gasteiger partial charge >= 0.3 is 0 Å². The van der Waals surface area contributed by atoms with Gasteiger partial charge in [-0.1, -0.05) is 83.5 Å². The van der Waals surface area contributed by atoms with Gasteiger partial charge in [-0.25, -0.2) is 4.98 Å². The first-order valence-electron chi connectivity index (χ1n) is 17.4. The van der Waals surface area contributed by atoms with Gasteiger partial charge in [0.2, 0.25) is 0 Å². The molecule has 3 aromatic heterocycles. The predicted molar refractivity (Wildman–Crippen MR) is 209 cm³/mol.